The largest absolute Gasteiger partial charge is 0.481 e. The Balaban J connectivity index is 3.96. The van der Waals surface area contributed by atoms with Gasteiger partial charge in [-0.05, 0) is 51.4 Å². The zero-order valence-corrected chi connectivity index (χ0v) is 48.7. The summed E-state index contributed by atoms with van der Waals surface area (Å²) in [7, 11) is 0. The number of ether oxygens (including phenoxy) is 4. The summed E-state index contributed by atoms with van der Waals surface area (Å²) in [6.45, 7) is 1.86. The molecule has 0 unspecified atom stereocenters. The van der Waals surface area contributed by atoms with Gasteiger partial charge in [-0.2, -0.15) is 0 Å². The van der Waals surface area contributed by atoms with E-state index in [1.165, 1.54) is 51.4 Å². The van der Waals surface area contributed by atoms with Crippen LogP contribution in [0, 0.1) is 11.8 Å². The molecule has 0 radical (unpaired) electrons. The van der Waals surface area contributed by atoms with Gasteiger partial charge in [-0.1, -0.05) is 103 Å². The van der Waals surface area contributed by atoms with Gasteiger partial charge >= 0.3 is 23.9 Å². The highest BCUT2D eigenvalue weighted by atomic mass is 16.5. The van der Waals surface area contributed by atoms with Crippen molar-refractivity contribution in [3.8, 4) is 0 Å². The summed E-state index contributed by atoms with van der Waals surface area (Å²) in [6, 6.07) is -2.58. The molecular weight excluding hydrogens is 1070 g/mol. The molecule has 0 aromatic heterocycles. The Hall–Kier alpha value is -5.63. The van der Waals surface area contributed by atoms with Crippen molar-refractivity contribution in [1.29, 1.82) is 0 Å². The van der Waals surface area contributed by atoms with Crippen LogP contribution in [0.4, 0.5) is 0 Å². The number of hydrogen-bond donors (Lipinski definition) is 10. The van der Waals surface area contributed by atoms with Crippen LogP contribution in [-0.2, 0) is 71.7 Å². The molecule has 4 atom stereocenters. The molecule has 0 saturated carbocycles. The van der Waals surface area contributed by atoms with Crippen molar-refractivity contribution in [2.24, 2.45) is 11.8 Å². The molecule has 0 aromatic rings. The average molecular weight is 1170 g/mol. The molecule has 472 valence electrons. The Morgan fingerprint density at radius 3 is 1.24 bits per heavy atom. The number of rotatable bonds is 59. The smallest absolute Gasteiger partial charge is 0.326 e. The van der Waals surface area contributed by atoms with Crippen LogP contribution in [-0.4, -0.2) is 182 Å². The van der Waals surface area contributed by atoms with E-state index in [4.69, 9.17) is 29.2 Å². The van der Waals surface area contributed by atoms with Crippen LogP contribution in [0.15, 0.2) is 0 Å². The van der Waals surface area contributed by atoms with Gasteiger partial charge in [0, 0.05) is 64.1 Å². The molecule has 0 rings (SSSR count). The number of carbonyl (C=O) groups excluding carboxylic acids is 7. The standard InChI is InChI=1S/C57H99N5O20/c1-2-43(48(65)40-63)21-19-20-30-58-49(66)28-25-47(57(77)78)62-52(69)27-24-44(55(73)74)39-45(64)41-81-37-35-80-34-32-60-53(70)42-82-38-36-79-33-31-59-50(67)29-26-46(56(75)76)61-51(68)22-17-15-13-11-9-7-5-3-4-6-8-10-12-14-16-18-23-54(71)72/h43-44,46-47,63H,2-42H2,1H3,(H,58,66)(H,59,67)(H,60,70)(H,61,68)(H,62,69)(H,71,72)(H,73,74)(H,75,76)(H,77,78)/t43-,44+,46-,47-/m0/s1. The fourth-order valence-corrected chi connectivity index (χ4v) is 8.60. The quantitative estimate of drug-likeness (QED) is 0.0377. The Morgan fingerprint density at radius 1 is 0.378 bits per heavy atom. The predicted octanol–water partition coefficient (Wildman–Crippen LogP) is 4.41. The zero-order valence-electron chi connectivity index (χ0n) is 48.7. The first kappa shape index (κ1) is 76.4. The van der Waals surface area contributed by atoms with Crippen molar-refractivity contribution in [3.63, 3.8) is 0 Å². The number of carbonyl (C=O) groups is 11. The van der Waals surface area contributed by atoms with Crippen molar-refractivity contribution in [3.05, 3.63) is 0 Å². The average Bonchev–Trinajstić information content (AvgIpc) is 3.44. The number of ketones is 2. The van der Waals surface area contributed by atoms with Crippen molar-refractivity contribution in [1.82, 2.24) is 26.6 Å². The lowest BCUT2D eigenvalue weighted by Crippen LogP contribution is -2.42. The monoisotopic (exact) mass is 1170 g/mol. The highest BCUT2D eigenvalue weighted by Crippen LogP contribution is 2.17. The Kier molecular flexibility index (Phi) is 48.6. The molecule has 0 aliphatic rings. The lowest BCUT2D eigenvalue weighted by atomic mass is 9.95. The van der Waals surface area contributed by atoms with Gasteiger partial charge in [0.1, 0.15) is 31.9 Å². The van der Waals surface area contributed by atoms with Gasteiger partial charge in [-0.25, -0.2) is 9.59 Å². The molecule has 25 nitrogen and oxygen atoms in total. The lowest BCUT2D eigenvalue weighted by Gasteiger charge is -2.16. The fraction of sp³-hybridized carbons (Fsp3) is 0.807. The number of unbranched alkanes of at least 4 members (excludes halogenated alkanes) is 16. The minimum absolute atomic E-state index is 0.00702. The molecule has 0 fully saturated rings. The van der Waals surface area contributed by atoms with Crippen molar-refractivity contribution in [2.75, 3.05) is 79.1 Å². The Morgan fingerprint density at radius 2 is 0.793 bits per heavy atom. The molecule has 0 saturated heterocycles. The first-order chi connectivity index (χ1) is 39.4. The third-order valence-corrected chi connectivity index (χ3v) is 13.5. The number of carboxylic acids is 4. The second-order valence-corrected chi connectivity index (χ2v) is 20.5. The van der Waals surface area contributed by atoms with Crippen molar-refractivity contribution in [2.45, 2.75) is 205 Å². The number of Topliss-reactive ketones (excluding diaryl/α,β-unsaturated/α-hetero) is 2. The van der Waals surface area contributed by atoms with Gasteiger partial charge in [-0.3, -0.25) is 43.2 Å². The SMILES string of the molecule is CC[C@@H](CCCCNC(=O)CC[C@H](NC(=O)CC[C@H](CC(=O)COCCOCCNC(=O)COCCOCCNC(=O)CC[C@H](NC(=O)CCCCCCCCCCCCCCCCCCC(=O)O)C(=O)O)C(=O)O)C(=O)O)C(=O)CO. The van der Waals surface area contributed by atoms with E-state index >= 15 is 0 Å². The molecular formula is C57H99N5O20. The number of aliphatic hydroxyl groups excluding tert-OH is 1. The lowest BCUT2D eigenvalue weighted by molar-refractivity contribution is -0.145. The third-order valence-electron chi connectivity index (χ3n) is 13.5. The number of aliphatic carboxylic acids is 4. The molecule has 0 aliphatic carbocycles. The van der Waals surface area contributed by atoms with E-state index in [-0.39, 0.29) is 134 Å². The summed E-state index contributed by atoms with van der Waals surface area (Å²) in [5.74, 6) is -9.20. The van der Waals surface area contributed by atoms with Crippen molar-refractivity contribution >= 4 is 65.0 Å². The molecule has 25 heteroatoms. The third kappa shape index (κ3) is 46.9. The summed E-state index contributed by atoms with van der Waals surface area (Å²) in [4.78, 5) is 131. The topological polar surface area (TPSA) is 386 Å². The summed E-state index contributed by atoms with van der Waals surface area (Å²) in [5, 5.41) is 59.1. The number of amides is 5. The molecule has 0 spiro atoms. The maximum Gasteiger partial charge on any atom is 0.326 e. The van der Waals surface area contributed by atoms with E-state index in [1.807, 2.05) is 6.92 Å². The predicted molar refractivity (Wildman–Crippen MR) is 300 cm³/mol. The summed E-state index contributed by atoms with van der Waals surface area (Å²) in [6.07, 6.45) is 18.8. The molecule has 10 N–H and O–H groups in total. The summed E-state index contributed by atoms with van der Waals surface area (Å²) < 4.78 is 21.3. The minimum atomic E-state index is -1.40. The maximum absolute atomic E-state index is 12.5. The summed E-state index contributed by atoms with van der Waals surface area (Å²) >= 11 is 0. The number of hydrogen-bond acceptors (Lipinski definition) is 16. The summed E-state index contributed by atoms with van der Waals surface area (Å²) in [5.41, 5.74) is 0. The second kappa shape index (κ2) is 52.2. The normalized spacial score (nSPS) is 12.6. The zero-order chi connectivity index (χ0) is 61.0. The van der Waals surface area contributed by atoms with E-state index in [1.54, 1.807) is 0 Å². The molecule has 0 aromatic carbocycles. The number of carboxylic acid groups (broad SMARTS) is 4. The van der Waals surface area contributed by atoms with Gasteiger partial charge in [-0.15, -0.1) is 0 Å². The van der Waals surface area contributed by atoms with Crippen LogP contribution in [0.5, 0.6) is 0 Å². The molecule has 82 heavy (non-hydrogen) atoms. The maximum atomic E-state index is 12.5. The van der Waals surface area contributed by atoms with E-state index < -0.39 is 85.0 Å². The Bertz CT molecular complexity index is 1840. The molecule has 0 bridgehead atoms. The van der Waals surface area contributed by atoms with Gasteiger partial charge in [0.2, 0.25) is 29.5 Å². The molecule has 0 aliphatic heterocycles. The van der Waals surface area contributed by atoms with Crippen LogP contribution >= 0.6 is 0 Å². The molecule has 5 amide bonds. The fourth-order valence-electron chi connectivity index (χ4n) is 8.60. The highest BCUT2D eigenvalue weighted by Gasteiger charge is 2.26. The van der Waals surface area contributed by atoms with Crippen LogP contribution < -0.4 is 26.6 Å². The van der Waals surface area contributed by atoms with Crippen LogP contribution in [0.1, 0.15) is 193 Å². The van der Waals surface area contributed by atoms with Gasteiger partial charge in [0.05, 0.1) is 45.6 Å². The van der Waals surface area contributed by atoms with Crippen LogP contribution in [0.3, 0.4) is 0 Å². The second-order valence-electron chi connectivity index (χ2n) is 20.5. The van der Waals surface area contributed by atoms with Crippen LogP contribution in [0.25, 0.3) is 0 Å². The first-order valence-electron chi connectivity index (χ1n) is 29.6. The van der Waals surface area contributed by atoms with Gasteiger partial charge in [0.15, 0.2) is 11.6 Å². The highest BCUT2D eigenvalue weighted by molar-refractivity contribution is 5.87. The van der Waals surface area contributed by atoms with Gasteiger partial charge in [0.25, 0.3) is 0 Å². The first-order valence-corrected chi connectivity index (χ1v) is 29.6. The van der Waals surface area contributed by atoms with Crippen molar-refractivity contribution < 1.29 is 97.2 Å². The number of nitrogens with one attached hydrogen (secondary N) is 5. The van der Waals surface area contributed by atoms with Crippen LogP contribution in [0.2, 0.25) is 0 Å². The van der Waals surface area contributed by atoms with E-state index in [0.717, 1.165) is 44.9 Å². The van der Waals surface area contributed by atoms with E-state index in [9.17, 15) is 68.1 Å². The van der Waals surface area contributed by atoms with Gasteiger partial charge < -0.3 is 71.1 Å². The van der Waals surface area contributed by atoms with E-state index in [2.05, 4.69) is 26.6 Å². The Labute approximate surface area is 483 Å². The minimum Gasteiger partial charge on any atom is -0.481 e. The number of aliphatic hydroxyl groups is 1. The molecule has 0 heterocycles. The van der Waals surface area contributed by atoms with E-state index in [0.29, 0.717) is 38.6 Å².